The number of aliphatic hydroxyl groups is 1. The highest BCUT2D eigenvalue weighted by Gasteiger charge is 2.03. The van der Waals surface area contributed by atoms with Crippen molar-refractivity contribution in [3.05, 3.63) is 28.3 Å². The van der Waals surface area contributed by atoms with Gasteiger partial charge < -0.3 is 23.7 Å². The molecule has 0 amide bonds. The van der Waals surface area contributed by atoms with Gasteiger partial charge in [0.05, 0.1) is 6.61 Å². The van der Waals surface area contributed by atoms with Gasteiger partial charge >= 0.3 is 0 Å². The molecule has 102 valence electrons. The van der Waals surface area contributed by atoms with Crippen molar-refractivity contribution in [1.29, 1.82) is 0 Å². The van der Waals surface area contributed by atoms with Gasteiger partial charge in [-0.2, -0.15) is 0 Å². The van der Waals surface area contributed by atoms with Crippen LogP contribution in [0.2, 0.25) is 0 Å². The molecule has 1 aromatic rings. The second-order valence-corrected chi connectivity index (χ2v) is 3.54. The molecule has 1 heterocycles. The molecule has 1 N–H and O–H groups in total. The lowest BCUT2D eigenvalue weighted by Gasteiger charge is -2.06. The first-order valence-corrected chi connectivity index (χ1v) is 5.70. The Balaban J connectivity index is 2.21. The van der Waals surface area contributed by atoms with Crippen LogP contribution in [-0.4, -0.2) is 38.6 Å². The van der Waals surface area contributed by atoms with Crippen molar-refractivity contribution >= 4 is 0 Å². The van der Waals surface area contributed by atoms with E-state index in [0.717, 1.165) is 6.42 Å². The summed E-state index contributed by atoms with van der Waals surface area (Å²) in [7, 11) is 1.64. The van der Waals surface area contributed by atoms with E-state index in [9.17, 15) is 4.79 Å². The molecular weight excluding hydrogens is 240 g/mol. The molecule has 6 heteroatoms. The SMILES string of the molecule is COCCCOCCOc1coc(CO)cc1=O. The van der Waals surface area contributed by atoms with E-state index < -0.39 is 0 Å². The van der Waals surface area contributed by atoms with Crippen LogP contribution in [0, 0.1) is 0 Å². The van der Waals surface area contributed by atoms with Crippen LogP contribution in [0.1, 0.15) is 12.2 Å². The molecule has 0 aliphatic carbocycles. The maximum absolute atomic E-state index is 11.5. The third-order valence-electron chi connectivity index (χ3n) is 2.13. The Morgan fingerprint density at radius 3 is 2.78 bits per heavy atom. The van der Waals surface area contributed by atoms with Crippen LogP contribution in [-0.2, 0) is 16.1 Å². The summed E-state index contributed by atoms with van der Waals surface area (Å²) < 4.78 is 20.3. The predicted octanol–water partition coefficient (Wildman–Crippen LogP) is 0.564. The van der Waals surface area contributed by atoms with E-state index >= 15 is 0 Å². The van der Waals surface area contributed by atoms with Crippen LogP contribution in [0.25, 0.3) is 0 Å². The summed E-state index contributed by atoms with van der Waals surface area (Å²) in [6.45, 7) is 1.61. The molecule has 0 fully saturated rings. The third kappa shape index (κ3) is 5.31. The Labute approximate surface area is 105 Å². The van der Waals surface area contributed by atoms with Crippen LogP contribution in [0.4, 0.5) is 0 Å². The Bertz CT molecular complexity index is 386. The average Bonchev–Trinajstić information content (AvgIpc) is 2.39. The molecule has 0 radical (unpaired) electrons. The van der Waals surface area contributed by atoms with E-state index in [-0.39, 0.29) is 30.2 Å². The van der Waals surface area contributed by atoms with Crippen LogP contribution in [0.3, 0.4) is 0 Å². The fraction of sp³-hybridized carbons (Fsp3) is 0.583. The Morgan fingerprint density at radius 2 is 2.11 bits per heavy atom. The highest BCUT2D eigenvalue weighted by Crippen LogP contribution is 2.05. The van der Waals surface area contributed by atoms with E-state index in [0.29, 0.717) is 19.8 Å². The summed E-state index contributed by atoms with van der Waals surface area (Å²) in [5, 5.41) is 8.77. The second kappa shape index (κ2) is 8.68. The monoisotopic (exact) mass is 258 g/mol. The Hall–Kier alpha value is -1.37. The van der Waals surface area contributed by atoms with E-state index in [2.05, 4.69) is 0 Å². The number of hydrogen-bond acceptors (Lipinski definition) is 6. The first kappa shape index (κ1) is 14.7. The van der Waals surface area contributed by atoms with Crippen LogP contribution in [0.5, 0.6) is 5.75 Å². The lowest BCUT2D eigenvalue weighted by molar-refractivity contribution is 0.0797. The van der Waals surface area contributed by atoms with Crippen molar-refractivity contribution in [2.75, 3.05) is 33.5 Å². The van der Waals surface area contributed by atoms with Crippen molar-refractivity contribution in [3.63, 3.8) is 0 Å². The lowest BCUT2D eigenvalue weighted by Crippen LogP contribution is -2.13. The van der Waals surface area contributed by atoms with Crippen LogP contribution in [0.15, 0.2) is 21.5 Å². The summed E-state index contributed by atoms with van der Waals surface area (Å²) in [5.41, 5.74) is -0.315. The van der Waals surface area contributed by atoms with Gasteiger partial charge in [-0.05, 0) is 6.42 Å². The summed E-state index contributed by atoms with van der Waals surface area (Å²) in [4.78, 5) is 11.5. The molecule has 0 unspecified atom stereocenters. The Kier molecular flexibility index (Phi) is 7.09. The molecule has 6 nitrogen and oxygen atoms in total. The third-order valence-corrected chi connectivity index (χ3v) is 2.13. The van der Waals surface area contributed by atoms with Crippen molar-refractivity contribution in [2.24, 2.45) is 0 Å². The van der Waals surface area contributed by atoms with Crippen molar-refractivity contribution in [1.82, 2.24) is 0 Å². The van der Waals surface area contributed by atoms with Gasteiger partial charge in [-0.3, -0.25) is 4.79 Å². The van der Waals surface area contributed by atoms with E-state index in [1.165, 1.54) is 12.3 Å². The van der Waals surface area contributed by atoms with Gasteiger partial charge in [0.1, 0.15) is 25.2 Å². The maximum atomic E-state index is 11.5. The lowest BCUT2D eigenvalue weighted by atomic mass is 10.4. The Morgan fingerprint density at radius 1 is 1.28 bits per heavy atom. The first-order valence-electron chi connectivity index (χ1n) is 5.70. The summed E-state index contributed by atoms with van der Waals surface area (Å²) >= 11 is 0. The van der Waals surface area contributed by atoms with Crippen molar-refractivity contribution in [3.8, 4) is 5.75 Å². The van der Waals surface area contributed by atoms with Gasteiger partial charge in [-0.25, -0.2) is 0 Å². The van der Waals surface area contributed by atoms with E-state index in [4.69, 9.17) is 23.7 Å². The first-order chi connectivity index (χ1) is 8.77. The standard InChI is InChI=1S/C12H18O6/c1-15-3-2-4-16-5-6-17-12-9-18-10(8-13)7-11(12)14/h7,9,13H,2-6,8H2,1H3. The minimum absolute atomic E-state index is 0.118. The highest BCUT2D eigenvalue weighted by molar-refractivity contribution is 5.17. The van der Waals surface area contributed by atoms with Gasteiger partial charge in [-0.1, -0.05) is 0 Å². The summed E-state index contributed by atoms with van der Waals surface area (Å²) in [5.74, 6) is 0.329. The van der Waals surface area contributed by atoms with E-state index in [1.807, 2.05) is 0 Å². The quantitative estimate of drug-likeness (QED) is 0.652. The van der Waals surface area contributed by atoms with Crippen LogP contribution >= 0.6 is 0 Å². The van der Waals surface area contributed by atoms with Gasteiger partial charge in [-0.15, -0.1) is 0 Å². The largest absolute Gasteiger partial charge is 0.484 e. The topological polar surface area (TPSA) is 78.1 Å². The molecule has 1 rings (SSSR count). The van der Waals surface area contributed by atoms with Gasteiger partial charge in [0.2, 0.25) is 11.2 Å². The van der Waals surface area contributed by atoms with Crippen molar-refractivity contribution < 1.29 is 23.7 Å². The minimum atomic E-state index is -0.315. The number of rotatable bonds is 9. The van der Waals surface area contributed by atoms with Gasteiger partial charge in [0.25, 0.3) is 0 Å². The maximum Gasteiger partial charge on any atom is 0.227 e. The molecule has 0 atom stereocenters. The normalized spacial score (nSPS) is 10.6. The number of aliphatic hydroxyl groups excluding tert-OH is 1. The zero-order valence-electron chi connectivity index (χ0n) is 10.4. The number of methoxy groups -OCH3 is 1. The van der Waals surface area contributed by atoms with Crippen molar-refractivity contribution in [2.45, 2.75) is 13.0 Å². The number of hydrogen-bond donors (Lipinski definition) is 1. The number of ether oxygens (including phenoxy) is 3. The predicted molar refractivity (Wildman–Crippen MR) is 63.7 cm³/mol. The molecule has 0 aliphatic rings. The zero-order chi connectivity index (χ0) is 13.2. The summed E-state index contributed by atoms with van der Waals surface area (Å²) in [6.07, 6.45) is 2.02. The molecule has 0 saturated heterocycles. The minimum Gasteiger partial charge on any atom is -0.484 e. The van der Waals surface area contributed by atoms with Gasteiger partial charge in [0.15, 0.2) is 0 Å². The average molecular weight is 258 g/mol. The molecule has 0 spiro atoms. The smallest absolute Gasteiger partial charge is 0.227 e. The fourth-order valence-electron chi connectivity index (χ4n) is 1.24. The molecule has 18 heavy (non-hydrogen) atoms. The summed E-state index contributed by atoms with van der Waals surface area (Å²) in [6, 6.07) is 1.20. The molecular formula is C12H18O6. The molecule has 0 saturated carbocycles. The molecule has 1 aromatic heterocycles. The second-order valence-electron chi connectivity index (χ2n) is 3.54. The van der Waals surface area contributed by atoms with Crippen LogP contribution < -0.4 is 10.2 Å². The van der Waals surface area contributed by atoms with E-state index in [1.54, 1.807) is 7.11 Å². The van der Waals surface area contributed by atoms with Gasteiger partial charge in [0, 0.05) is 26.4 Å². The highest BCUT2D eigenvalue weighted by atomic mass is 16.5. The molecule has 0 aliphatic heterocycles. The molecule has 0 bridgehead atoms. The molecule has 0 aromatic carbocycles. The fourth-order valence-corrected chi connectivity index (χ4v) is 1.24. The zero-order valence-corrected chi connectivity index (χ0v) is 10.4.